The Morgan fingerprint density at radius 3 is 2.65 bits per heavy atom. The van der Waals surface area contributed by atoms with Gasteiger partial charge in [0.25, 0.3) is 5.91 Å². The van der Waals surface area contributed by atoms with Gasteiger partial charge in [0.05, 0.1) is 16.2 Å². The SMILES string of the molecule is C[C@@H]1CN(C(=O)c2ccc(OCC(C)(C)O)cc2Cl)c2ccccc2CN1C(=O)NCS(N)=O. The number of nitrogens with one attached hydrogen (secondary N) is 1. The summed E-state index contributed by atoms with van der Waals surface area (Å²) in [6, 6.07) is 11.3. The van der Waals surface area contributed by atoms with Crippen LogP contribution in [0.15, 0.2) is 42.5 Å². The smallest absolute Gasteiger partial charge is 0.318 e. The van der Waals surface area contributed by atoms with Crippen LogP contribution in [0.1, 0.15) is 36.7 Å². The predicted molar refractivity (Wildman–Crippen MR) is 132 cm³/mol. The Kier molecular flexibility index (Phi) is 8.19. The Hall–Kier alpha value is -2.66. The van der Waals surface area contributed by atoms with Gasteiger partial charge in [-0.05, 0) is 50.6 Å². The molecule has 0 spiro atoms. The van der Waals surface area contributed by atoms with E-state index in [2.05, 4.69) is 5.32 Å². The summed E-state index contributed by atoms with van der Waals surface area (Å²) in [4.78, 5) is 29.5. The number of para-hydroxylation sites is 1. The summed E-state index contributed by atoms with van der Waals surface area (Å²) in [5, 5.41) is 17.9. The second-order valence-electron chi connectivity index (χ2n) is 8.77. The van der Waals surface area contributed by atoms with Gasteiger partial charge in [-0.25, -0.2) is 9.00 Å². The normalized spacial score (nSPS) is 16.9. The molecule has 0 radical (unpaired) electrons. The van der Waals surface area contributed by atoms with Gasteiger partial charge in [-0.2, -0.15) is 0 Å². The number of fused-ring (bicyclic) bond motifs is 1. The predicted octanol–water partition coefficient (Wildman–Crippen LogP) is 2.63. The van der Waals surface area contributed by atoms with E-state index in [9.17, 15) is 18.9 Å². The largest absolute Gasteiger partial charge is 0.491 e. The number of anilines is 1. The average molecular weight is 509 g/mol. The van der Waals surface area contributed by atoms with E-state index in [1.807, 2.05) is 31.2 Å². The van der Waals surface area contributed by atoms with E-state index in [4.69, 9.17) is 21.5 Å². The van der Waals surface area contributed by atoms with E-state index >= 15 is 0 Å². The number of urea groups is 1. The molecule has 1 aliphatic heterocycles. The molecule has 1 unspecified atom stereocenters. The van der Waals surface area contributed by atoms with E-state index in [1.54, 1.807) is 41.8 Å². The van der Waals surface area contributed by atoms with Gasteiger partial charge in [0, 0.05) is 24.8 Å². The zero-order valence-corrected chi connectivity index (χ0v) is 20.9. The van der Waals surface area contributed by atoms with Crippen molar-refractivity contribution in [2.75, 3.05) is 23.9 Å². The molecular weight excluding hydrogens is 480 g/mol. The fourth-order valence-corrected chi connectivity index (χ4v) is 4.09. The summed E-state index contributed by atoms with van der Waals surface area (Å²) in [6.07, 6.45) is 0. The lowest BCUT2D eigenvalue weighted by atomic mass is 10.1. The summed E-state index contributed by atoms with van der Waals surface area (Å²) < 4.78 is 16.8. The minimum Gasteiger partial charge on any atom is -0.491 e. The highest BCUT2D eigenvalue weighted by molar-refractivity contribution is 7.82. The van der Waals surface area contributed by atoms with Crippen molar-refractivity contribution in [2.45, 2.75) is 39.0 Å². The summed E-state index contributed by atoms with van der Waals surface area (Å²) >= 11 is 6.44. The van der Waals surface area contributed by atoms with Gasteiger partial charge in [0.1, 0.15) is 29.2 Å². The summed E-state index contributed by atoms with van der Waals surface area (Å²) in [5.74, 6) is -0.0405. The van der Waals surface area contributed by atoms with Crippen molar-refractivity contribution in [2.24, 2.45) is 5.14 Å². The number of carbonyl (C=O) groups excluding carboxylic acids is 2. The molecule has 2 aromatic rings. The highest BCUT2D eigenvalue weighted by atomic mass is 35.5. The topological polar surface area (TPSA) is 125 Å². The van der Waals surface area contributed by atoms with E-state index in [1.165, 1.54) is 0 Å². The van der Waals surface area contributed by atoms with Gasteiger partial charge in [-0.15, -0.1) is 0 Å². The third kappa shape index (κ3) is 6.47. The number of aliphatic hydroxyl groups is 1. The van der Waals surface area contributed by atoms with E-state index in [0.717, 1.165) is 5.56 Å². The van der Waals surface area contributed by atoms with Crippen LogP contribution in [0.5, 0.6) is 5.75 Å². The number of halogens is 1. The van der Waals surface area contributed by atoms with Crippen molar-refractivity contribution in [1.82, 2.24) is 10.2 Å². The number of rotatable bonds is 6. The summed E-state index contributed by atoms with van der Waals surface area (Å²) in [5.41, 5.74) is 0.737. The molecule has 9 nitrogen and oxygen atoms in total. The molecule has 0 bridgehead atoms. The van der Waals surface area contributed by atoms with Crippen molar-refractivity contribution in [3.8, 4) is 5.75 Å². The zero-order valence-electron chi connectivity index (χ0n) is 19.3. The lowest BCUT2D eigenvalue weighted by Crippen LogP contribution is -2.49. The molecule has 3 rings (SSSR count). The lowest BCUT2D eigenvalue weighted by Gasteiger charge is -2.29. The van der Waals surface area contributed by atoms with E-state index in [0.29, 0.717) is 11.4 Å². The third-order valence-electron chi connectivity index (χ3n) is 5.24. The van der Waals surface area contributed by atoms with Gasteiger partial charge >= 0.3 is 6.03 Å². The Morgan fingerprint density at radius 1 is 1.29 bits per heavy atom. The maximum absolute atomic E-state index is 13.6. The molecule has 0 saturated heterocycles. The van der Waals surface area contributed by atoms with Gasteiger partial charge < -0.3 is 25.0 Å². The highest BCUT2D eigenvalue weighted by Crippen LogP contribution is 2.31. The molecule has 34 heavy (non-hydrogen) atoms. The number of carbonyl (C=O) groups is 2. The number of nitrogens with zero attached hydrogens (tertiary/aromatic N) is 2. The van der Waals surface area contributed by atoms with Crippen molar-refractivity contribution < 1.29 is 23.6 Å². The first kappa shape index (κ1) is 26.0. The maximum atomic E-state index is 13.6. The van der Waals surface area contributed by atoms with Crippen LogP contribution in [0.3, 0.4) is 0 Å². The molecule has 2 aromatic carbocycles. The fourth-order valence-electron chi connectivity index (χ4n) is 3.57. The van der Waals surface area contributed by atoms with Crippen molar-refractivity contribution in [1.29, 1.82) is 0 Å². The van der Waals surface area contributed by atoms with Crippen LogP contribution >= 0.6 is 11.6 Å². The minimum absolute atomic E-state index is 0.0727. The Labute approximate surface area is 206 Å². The van der Waals surface area contributed by atoms with Crippen LogP contribution in [0.2, 0.25) is 5.02 Å². The third-order valence-corrected chi connectivity index (χ3v) is 5.98. The molecule has 1 aliphatic rings. The second-order valence-corrected chi connectivity index (χ2v) is 10.2. The van der Waals surface area contributed by atoms with Crippen LogP contribution in [0.25, 0.3) is 0 Å². The Bertz CT molecular complexity index is 1090. The van der Waals surface area contributed by atoms with Gasteiger partial charge in [0.2, 0.25) is 0 Å². The summed E-state index contributed by atoms with van der Waals surface area (Å²) in [7, 11) is -1.66. The summed E-state index contributed by atoms with van der Waals surface area (Å²) in [6.45, 7) is 5.65. The van der Waals surface area contributed by atoms with Crippen LogP contribution in [0.4, 0.5) is 10.5 Å². The molecule has 0 saturated carbocycles. The molecule has 184 valence electrons. The first-order chi connectivity index (χ1) is 16.0. The van der Waals surface area contributed by atoms with Crippen LogP contribution in [0, 0.1) is 0 Å². The Morgan fingerprint density at radius 2 is 2.00 bits per heavy atom. The number of amides is 3. The first-order valence-electron chi connectivity index (χ1n) is 10.7. The molecule has 1 heterocycles. The van der Waals surface area contributed by atoms with Gasteiger partial charge in [-0.1, -0.05) is 29.8 Å². The van der Waals surface area contributed by atoms with Gasteiger partial charge in [0.15, 0.2) is 0 Å². The minimum atomic E-state index is -1.66. The molecule has 3 amide bonds. The fraction of sp³-hybridized carbons (Fsp3) is 0.391. The first-order valence-corrected chi connectivity index (χ1v) is 12.4. The molecule has 11 heteroatoms. The van der Waals surface area contributed by atoms with Crippen LogP contribution in [-0.2, 0) is 17.5 Å². The van der Waals surface area contributed by atoms with Crippen LogP contribution < -0.4 is 20.1 Å². The second kappa shape index (κ2) is 10.7. The highest BCUT2D eigenvalue weighted by Gasteiger charge is 2.32. The molecule has 2 atom stereocenters. The standard InChI is InChI=1S/C23H29ClN4O5S/c1-15-11-28(21(29)18-9-8-17(10-19(18)24)33-13-23(2,3)31)20-7-5-4-6-16(20)12-27(15)22(30)26-14-34(25)32/h4-10,15,31H,11-14,25H2,1-3H3,(H,26,30)/t15-,34?/m1/s1. The maximum Gasteiger partial charge on any atom is 0.318 e. The van der Waals surface area contributed by atoms with Crippen molar-refractivity contribution in [3.63, 3.8) is 0 Å². The number of nitrogens with two attached hydrogens (primary N) is 1. The zero-order chi connectivity index (χ0) is 25.0. The van der Waals surface area contributed by atoms with Gasteiger partial charge in [-0.3, -0.25) is 9.93 Å². The monoisotopic (exact) mass is 508 g/mol. The lowest BCUT2D eigenvalue weighted by molar-refractivity contribution is 0.0285. The molecule has 0 aliphatic carbocycles. The quantitative estimate of drug-likeness (QED) is 0.553. The Balaban J connectivity index is 1.87. The number of benzene rings is 2. The number of hydrogen-bond acceptors (Lipinski definition) is 5. The molecular formula is C23H29ClN4O5S. The number of ether oxygens (including phenoxy) is 1. The van der Waals surface area contributed by atoms with E-state index < -0.39 is 22.6 Å². The van der Waals surface area contributed by atoms with E-state index in [-0.39, 0.29) is 48.1 Å². The number of hydrogen-bond donors (Lipinski definition) is 3. The van der Waals surface area contributed by atoms with Crippen molar-refractivity contribution in [3.05, 3.63) is 58.6 Å². The molecule has 0 aromatic heterocycles. The van der Waals surface area contributed by atoms with Crippen LogP contribution in [-0.4, -0.2) is 56.8 Å². The molecule has 0 fully saturated rings. The average Bonchev–Trinajstić information content (AvgIpc) is 2.92. The van der Waals surface area contributed by atoms with Crippen molar-refractivity contribution >= 4 is 40.2 Å². The molecule has 4 N–H and O–H groups in total.